The van der Waals surface area contributed by atoms with Gasteiger partial charge in [0, 0.05) is 31.6 Å². The van der Waals surface area contributed by atoms with Crippen LogP contribution in [-0.4, -0.2) is 46.5 Å². The molecule has 1 aromatic heterocycles. The van der Waals surface area contributed by atoms with Gasteiger partial charge < -0.3 is 9.80 Å². The summed E-state index contributed by atoms with van der Waals surface area (Å²) in [7, 11) is 0. The normalized spacial score (nSPS) is 21.0. The highest BCUT2D eigenvalue weighted by atomic mass is 35.5. The second kappa shape index (κ2) is 6.94. The third kappa shape index (κ3) is 3.62. The number of carbonyl (C=O) groups excluding carboxylic acids is 1. The maximum absolute atomic E-state index is 12.6. The molecule has 1 unspecified atom stereocenters. The molecule has 128 valence electrons. The molecule has 1 aliphatic carbocycles. The molecule has 24 heavy (non-hydrogen) atoms. The Labute approximate surface area is 147 Å². The Balaban J connectivity index is 1.76. The number of hydrogen-bond donors (Lipinski definition) is 0. The van der Waals surface area contributed by atoms with Gasteiger partial charge in [-0.05, 0) is 25.2 Å². The standard InChI is InChI=1S/C17H22ClN5O/c1-11(2)7-13-10-22(5-6-23(13)17(24)12-3-4-12)15-9-20-14(8-19)16(18)21-15/h9,11-13H,3-7,10H2,1-2H3. The van der Waals surface area contributed by atoms with Crippen LogP contribution in [0.1, 0.15) is 38.8 Å². The highest BCUT2D eigenvalue weighted by Gasteiger charge is 2.39. The first-order chi connectivity index (χ1) is 11.5. The molecule has 1 atom stereocenters. The van der Waals surface area contributed by atoms with E-state index in [1.165, 1.54) is 0 Å². The molecule has 2 aliphatic rings. The van der Waals surface area contributed by atoms with Gasteiger partial charge in [0.2, 0.25) is 5.91 Å². The second-order valence-electron chi connectivity index (χ2n) is 7.01. The van der Waals surface area contributed by atoms with Crippen LogP contribution in [0.2, 0.25) is 5.15 Å². The number of nitriles is 1. The molecule has 1 saturated carbocycles. The quantitative estimate of drug-likeness (QED) is 0.836. The minimum Gasteiger partial charge on any atom is -0.351 e. The molecule has 0 aromatic carbocycles. The SMILES string of the molecule is CC(C)CC1CN(c2cnc(C#N)c(Cl)n2)CCN1C(=O)C1CC1. The zero-order valence-corrected chi connectivity index (χ0v) is 14.8. The molecule has 7 heteroatoms. The van der Waals surface area contributed by atoms with Crippen molar-refractivity contribution in [2.24, 2.45) is 11.8 Å². The smallest absolute Gasteiger partial charge is 0.226 e. The molecule has 1 amide bonds. The van der Waals surface area contributed by atoms with Crippen LogP contribution < -0.4 is 4.90 Å². The summed E-state index contributed by atoms with van der Waals surface area (Å²) < 4.78 is 0. The van der Waals surface area contributed by atoms with Gasteiger partial charge in [-0.2, -0.15) is 5.26 Å². The molecule has 2 heterocycles. The summed E-state index contributed by atoms with van der Waals surface area (Å²) in [6.45, 7) is 6.50. The summed E-state index contributed by atoms with van der Waals surface area (Å²) in [5.74, 6) is 1.74. The van der Waals surface area contributed by atoms with Crippen molar-refractivity contribution >= 4 is 23.3 Å². The lowest BCUT2D eigenvalue weighted by Gasteiger charge is -2.42. The topological polar surface area (TPSA) is 73.1 Å². The Morgan fingerprint density at radius 1 is 1.46 bits per heavy atom. The first-order valence-electron chi connectivity index (χ1n) is 8.47. The molecule has 1 aromatic rings. The number of nitrogens with zero attached hydrogens (tertiary/aromatic N) is 5. The third-order valence-electron chi connectivity index (χ3n) is 4.58. The molecular weight excluding hydrogens is 326 g/mol. The number of amides is 1. The fourth-order valence-electron chi connectivity index (χ4n) is 3.25. The molecule has 0 radical (unpaired) electrons. The van der Waals surface area contributed by atoms with Gasteiger partial charge in [0.25, 0.3) is 0 Å². The van der Waals surface area contributed by atoms with Gasteiger partial charge in [-0.1, -0.05) is 25.4 Å². The lowest BCUT2D eigenvalue weighted by atomic mass is 9.99. The Hall–Kier alpha value is -1.87. The van der Waals surface area contributed by atoms with Crippen molar-refractivity contribution in [3.63, 3.8) is 0 Å². The van der Waals surface area contributed by atoms with E-state index in [9.17, 15) is 4.79 Å². The predicted molar refractivity (Wildman–Crippen MR) is 91.7 cm³/mol. The van der Waals surface area contributed by atoms with Crippen LogP contribution in [0.25, 0.3) is 0 Å². The van der Waals surface area contributed by atoms with Gasteiger partial charge in [-0.15, -0.1) is 0 Å². The van der Waals surface area contributed by atoms with Gasteiger partial charge in [0.15, 0.2) is 10.8 Å². The third-order valence-corrected chi connectivity index (χ3v) is 4.85. The Morgan fingerprint density at radius 3 is 2.79 bits per heavy atom. The summed E-state index contributed by atoms with van der Waals surface area (Å²) in [6.07, 6.45) is 4.62. The van der Waals surface area contributed by atoms with Crippen molar-refractivity contribution < 1.29 is 4.79 Å². The molecule has 0 N–H and O–H groups in total. The summed E-state index contributed by atoms with van der Waals surface area (Å²) in [4.78, 5) is 25.1. The van der Waals surface area contributed by atoms with Crippen LogP contribution >= 0.6 is 11.6 Å². The maximum atomic E-state index is 12.6. The van der Waals surface area contributed by atoms with Crippen molar-refractivity contribution in [2.75, 3.05) is 24.5 Å². The van der Waals surface area contributed by atoms with Crippen molar-refractivity contribution in [3.8, 4) is 6.07 Å². The number of piperazine rings is 1. The minimum absolute atomic E-state index is 0.131. The number of carbonyl (C=O) groups is 1. The molecule has 0 spiro atoms. The monoisotopic (exact) mass is 347 g/mol. The molecule has 0 bridgehead atoms. The van der Waals surface area contributed by atoms with E-state index in [0.29, 0.717) is 30.7 Å². The molecule has 1 saturated heterocycles. The summed E-state index contributed by atoms with van der Waals surface area (Å²) in [5.41, 5.74) is 0.140. The summed E-state index contributed by atoms with van der Waals surface area (Å²) in [6, 6.07) is 2.11. The number of anilines is 1. The summed E-state index contributed by atoms with van der Waals surface area (Å²) in [5, 5.41) is 9.05. The molecule has 2 fully saturated rings. The average Bonchev–Trinajstić information content (AvgIpc) is 3.38. The zero-order valence-electron chi connectivity index (χ0n) is 14.1. The van der Waals surface area contributed by atoms with Crippen LogP contribution in [0.4, 0.5) is 5.82 Å². The Kier molecular flexibility index (Phi) is 4.91. The van der Waals surface area contributed by atoms with Crippen LogP contribution in [0.5, 0.6) is 0 Å². The van der Waals surface area contributed by atoms with E-state index < -0.39 is 0 Å². The van der Waals surface area contributed by atoms with Crippen molar-refractivity contribution in [3.05, 3.63) is 17.0 Å². The number of aromatic nitrogens is 2. The number of rotatable bonds is 4. The fraction of sp³-hybridized carbons (Fsp3) is 0.647. The largest absolute Gasteiger partial charge is 0.351 e. The highest BCUT2D eigenvalue weighted by molar-refractivity contribution is 6.30. The minimum atomic E-state index is 0.131. The second-order valence-corrected chi connectivity index (χ2v) is 7.37. The van der Waals surface area contributed by atoms with Crippen LogP contribution in [-0.2, 0) is 4.79 Å². The lowest BCUT2D eigenvalue weighted by molar-refractivity contribution is -0.135. The molecular formula is C17H22ClN5O. The molecule has 6 nitrogen and oxygen atoms in total. The van der Waals surface area contributed by atoms with E-state index in [1.54, 1.807) is 6.20 Å². The number of halogens is 1. The van der Waals surface area contributed by atoms with Gasteiger partial charge in [0.1, 0.15) is 11.9 Å². The first-order valence-corrected chi connectivity index (χ1v) is 8.85. The number of hydrogen-bond acceptors (Lipinski definition) is 5. The van der Waals surface area contributed by atoms with E-state index in [1.807, 2.05) is 6.07 Å². The van der Waals surface area contributed by atoms with Crippen LogP contribution in [0.15, 0.2) is 6.20 Å². The van der Waals surface area contributed by atoms with Crippen LogP contribution in [0, 0.1) is 23.2 Å². The van der Waals surface area contributed by atoms with E-state index in [2.05, 4.69) is 33.6 Å². The Bertz CT molecular complexity index is 667. The predicted octanol–water partition coefficient (Wildman–Crippen LogP) is 2.47. The van der Waals surface area contributed by atoms with Gasteiger partial charge in [0.05, 0.1) is 6.20 Å². The summed E-state index contributed by atoms with van der Waals surface area (Å²) >= 11 is 6.01. The van der Waals surface area contributed by atoms with Crippen molar-refractivity contribution in [1.82, 2.24) is 14.9 Å². The van der Waals surface area contributed by atoms with E-state index in [4.69, 9.17) is 16.9 Å². The lowest BCUT2D eigenvalue weighted by Crippen LogP contribution is -2.56. The maximum Gasteiger partial charge on any atom is 0.226 e. The van der Waals surface area contributed by atoms with Gasteiger partial charge in [-0.3, -0.25) is 4.79 Å². The highest BCUT2D eigenvalue weighted by Crippen LogP contribution is 2.33. The zero-order chi connectivity index (χ0) is 17.3. The fourth-order valence-corrected chi connectivity index (χ4v) is 3.43. The molecule has 1 aliphatic heterocycles. The van der Waals surface area contributed by atoms with Crippen molar-refractivity contribution in [2.45, 2.75) is 39.2 Å². The van der Waals surface area contributed by atoms with E-state index >= 15 is 0 Å². The van der Waals surface area contributed by atoms with E-state index in [0.717, 1.165) is 25.8 Å². The first kappa shape index (κ1) is 17.0. The average molecular weight is 348 g/mol. The van der Waals surface area contributed by atoms with Crippen molar-refractivity contribution in [1.29, 1.82) is 5.26 Å². The van der Waals surface area contributed by atoms with Gasteiger partial charge in [-0.25, -0.2) is 9.97 Å². The van der Waals surface area contributed by atoms with Crippen LogP contribution in [0.3, 0.4) is 0 Å². The van der Waals surface area contributed by atoms with E-state index in [-0.39, 0.29) is 22.8 Å². The van der Waals surface area contributed by atoms with Gasteiger partial charge >= 0.3 is 0 Å². The Morgan fingerprint density at radius 2 is 2.21 bits per heavy atom. The molecule has 3 rings (SSSR count).